The zero-order valence-electron chi connectivity index (χ0n) is 15.2. The number of nitrogens with one attached hydrogen (secondary N) is 1. The average molecular weight is 367 g/mol. The molecule has 0 aromatic heterocycles. The fourth-order valence-electron chi connectivity index (χ4n) is 2.28. The topological polar surface area (TPSA) is 81.7 Å². The van der Waals surface area contributed by atoms with Crippen molar-refractivity contribution >= 4 is 29.6 Å². The molecular formula is C21H21NO5. The van der Waals surface area contributed by atoms with Gasteiger partial charge in [-0.15, -0.1) is 0 Å². The Bertz CT molecular complexity index is 857. The molecule has 0 saturated heterocycles. The number of hydrogen-bond acceptors (Lipinski definition) is 5. The molecule has 1 N–H and O–H groups in total. The molecule has 2 rings (SSSR count). The molecule has 0 bridgehead atoms. The summed E-state index contributed by atoms with van der Waals surface area (Å²) in [5.74, 6) is -1.72. The average Bonchev–Trinajstić information content (AvgIpc) is 2.66. The van der Waals surface area contributed by atoms with Gasteiger partial charge in [-0.1, -0.05) is 36.4 Å². The molecule has 2 aromatic carbocycles. The van der Waals surface area contributed by atoms with Gasteiger partial charge in [0.15, 0.2) is 6.61 Å². The summed E-state index contributed by atoms with van der Waals surface area (Å²) in [4.78, 5) is 35.7. The third-order valence-corrected chi connectivity index (χ3v) is 3.63. The number of para-hydroxylation sites is 1. The maximum Gasteiger partial charge on any atom is 0.340 e. The van der Waals surface area contributed by atoms with Gasteiger partial charge in [0.05, 0.1) is 17.9 Å². The lowest BCUT2D eigenvalue weighted by Gasteiger charge is -2.10. The van der Waals surface area contributed by atoms with Crippen molar-refractivity contribution in [2.45, 2.75) is 13.8 Å². The van der Waals surface area contributed by atoms with Crippen molar-refractivity contribution in [3.8, 4) is 0 Å². The number of carbonyl (C=O) groups is 3. The van der Waals surface area contributed by atoms with Crippen molar-refractivity contribution in [1.29, 1.82) is 0 Å². The molecule has 0 fully saturated rings. The molecule has 0 atom stereocenters. The minimum atomic E-state index is -0.632. The van der Waals surface area contributed by atoms with Crippen LogP contribution in [0.2, 0.25) is 0 Å². The molecule has 0 aliphatic heterocycles. The molecule has 0 unspecified atom stereocenters. The van der Waals surface area contributed by atoms with Crippen LogP contribution in [0.5, 0.6) is 0 Å². The molecule has 1 amide bonds. The first-order valence-electron chi connectivity index (χ1n) is 8.47. The Morgan fingerprint density at radius 2 is 1.70 bits per heavy atom. The van der Waals surface area contributed by atoms with Gasteiger partial charge in [-0.25, -0.2) is 9.59 Å². The second kappa shape index (κ2) is 9.91. The zero-order valence-corrected chi connectivity index (χ0v) is 15.2. The fraction of sp³-hybridized carbons (Fsp3) is 0.190. The lowest BCUT2D eigenvalue weighted by atomic mass is 10.1. The van der Waals surface area contributed by atoms with Gasteiger partial charge in [-0.05, 0) is 43.2 Å². The van der Waals surface area contributed by atoms with E-state index in [1.165, 1.54) is 6.08 Å². The lowest BCUT2D eigenvalue weighted by molar-refractivity contribution is -0.142. The maximum absolute atomic E-state index is 12.0. The van der Waals surface area contributed by atoms with Crippen LogP contribution in [-0.4, -0.2) is 31.1 Å². The summed E-state index contributed by atoms with van der Waals surface area (Å²) in [7, 11) is 0. The van der Waals surface area contributed by atoms with Gasteiger partial charge in [0.2, 0.25) is 0 Å². The number of carbonyl (C=O) groups excluding carboxylic acids is 3. The number of esters is 2. The number of amides is 1. The van der Waals surface area contributed by atoms with Crippen molar-refractivity contribution in [3.05, 3.63) is 71.3 Å². The fourth-order valence-corrected chi connectivity index (χ4v) is 2.28. The highest BCUT2D eigenvalue weighted by Gasteiger charge is 2.14. The van der Waals surface area contributed by atoms with Crippen LogP contribution >= 0.6 is 0 Å². The van der Waals surface area contributed by atoms with Crippen molar-refractivity contribution in [2.75, 3.05) is 18.5 Å². The van der Waals surface area contributed by atoms with E-state index in [-0.39, 0.29) is 12.2 Å². The summed E-state index contributed by atoms with van der Waals surface area (Å²) >= 11 is 0. The van der Waals surface area contributed by atoms with E-state index in [0.717, 1.165) is 11.1 Å². The third kappa shape index (κ3) is 6.11. The van der Waals surface area contributed by atoms with Gasteiger partial charge in [0.1, 0.15) is 0 Å². The molecule has 0 aliphatic carbocycles. The van der Waals surface area contributed by atoms with E-state index < -0.39 is 24.5 Å². The third-order valence-electron chi connectivity index (χ3n) is 3.63. The monoisotopic (exact) mass is 367 g/mol. The number of anilines is 1. The Kier molecular flexibility index (Phi) is 7.31. The molecule has 6 nitrogen and oxygen atoms in total. The van der Waals surface area contributed by atoms with Crippen LogP contribution in [0.25, 0.3) is 6.08 Å². The highest BCUT2D eigenvalue weighted by molar-refractivity contribution is 6.02. The van der Waals surface area contributed by atoms with Crippen molar-refractivity contribution in [2.24, 2.45) is 0 Å². The molecule has 2 aromatic rings. The maximum atomic E-state index is 12.0. The van der Waals surface area contributed by atoms with E-state index in [1.54, 1.807) is 37.3 Å². The number of rotatable bonds is 7. The standard InChI is InChI=1S/C21H21NO5/c1-3-26-21(25)17-10-6-7-11-18(17)22-19(23)14-27-20(24)13-12-16-9-5-4-8-15(16)2/h4-13H,3,14H2,1-2H3,(H,22,23)/b13-12+. The Morgan fingerprint density at radius 3 is 2.44 bits per heavy atom. The van der Waals surface area contributed by atoms with Gasteiger partial charge in [0, 0.05) is 6.08 Å². The predicted molar refractivity (Wildman–Crippen MR) is 102 cm³/mol. The first-order chi connectivity index (χ1) is 13.0. The summed E-state index contributed by atoms with van der Waals surface area (Å²) in [6, 6.07) is 14.0. The molecule has 0 aliphatic rings. The zero-order chi connectivity index (χ0) is 19.6. The Morgan fingerprint density at radius 1 is 1.00 bits per heavy atom. The van der Waals surface area contributed by atoms with Gasteiger partial charge in [0.25, 0.3) is 5.91 Å². The van der Waals surface area contributed by atoms with Gasteiger partial charge in [-0.2, -0.15) is 0 Å². The summed E-state index contributed by atoms with van der Waals surface area (Å²) in [5.41, 5.74) is 2.45. The smallest absolute Gasteiger partial charge is 0.340 e. The first-order valence-corrected chi connectivity index (χ1v) is 8.47. The Hall–Kier alpha value is -3.41. The highest BCUT2D eigenvalue weighted by atomic mass is 16.5. The van der Waals surface area contributed by atoms with E-state index in [0.29, 0.717) is 5.69 Å². The molecule has 0 saturated carbocycles. The molecule has 6 heteroatoms. The predicted octanol–water partition coefficient (Wildman–Crippen LogP) is 3.37. The van der Waals surface area contributed by atoms with Crippen LogP contribution in [0, 0.1) is 6.92 Å². The summed E-state index contributed by atoms with van der Waals surface area (Å²) in [6.07, 6.45) is 2.90. The largest absolute Gasteiger partial charge is 0.462 e. The summed E-state index contributed by atoms with van der Waals surface area (Å²) < 4.78 is 9.88. The van der Waals surface area contributed by atoms with Crippen LogP contribution in [0.4, 0.5) is 5.69 Å². The van der Waals surface area contributed by atoms with Crippen LogP contribution < -0.4 is 5.32 Å². The van der Waals surface area contributed by atoms with E-state index in [1.807, 2.05) is 31.2 Å². The summed E-state index contributed by atoms with van der Waals surface area (Å²) in [5, 5.41) is 2.55. The molecule has 0 spiro atoms. The van der Waals surface area contributed by atoms with Crippen molar-refractivity contribution in [3.63, 3.8) is 0 Å². The minimum Gasteiger partial charge on any atom is -0.462 e. The van der Waals surface area contributed by atoms with E-state index in [4.69, 9.17) is 9.47 Å². The van der Waals surface area contributed by atoms with Gasteiger partial charge < -0.3 is 14.8 Å². The lowest BCUT2D eigenvalue weighted by Crippen LogP contribution is -2.21. The molecule has 0 radical (unpaired) electrons. The molecular weight excluding hydrogens is 346 g/mol. The van der Waals surface area contributed by atoms with Gasteiger partial charge >= 0.3 is 11.9 Å². The highest BCUT2D eigenvalue weighted by Crippen LogP contribution is 2.16. The second-order valence-corrected chi connectivity index (χ2v) is 5.61. The van der Waals surface area contributed by atoms with Crippen LogP contribution in [0.15, 0.2) is 54.6 Å². The van der Waals surface area contributed by atoms with Gasteiger partial charge in [-0.3, -0.25) is 4.79 Å². The van der Waals surface area contributed by atoms with E-state index in [2.05, 4.69) is 5.32 Å². The normalized spacial score (nSPS) is 10.4. The number of aryl methyl sites for hydroxylation is 1. The van der Waals surface area contributed by atoms with Crippen LogP contribution in [0.3, 0.4) is 0 Å². The van der Waals surface area contributed by atoms with Crippen molar-refractivity contribution < 1.29 is 23.9 Å². The van der Waals surface area contributed by atoms with Crippen molar-refractivity contribution in [1.82, 2.24) is 0 Å². The second-order valence-electron chi connectivity index (χ2n) is 5.61. The Balaban J connectivity index is 1.90. The summed E-state index contributed by atoms with van der Waals surface area (Å²) in [6.45, 7) is 3.39. The SMILES string of the molecule is CCOC(=O)c1ccccc1NC(=O)COC(=O)/C=C/c1ccccc1C. The van der Waals surface area contributed by atoms with E-state index >= 15 is 0 Å². The first kappa shape index (κ1) is 19.9. The number of hydrogen-bond donors (Lipinski definition) is 1. The minimum absolute atomic E-state index is 0.228. The molecule has 27 heavy (non-hydrogen) atoms. The number of ether oxygens (including phenoxy) is 2. The number of benzene rings is 2. The van der Waals surface area contributed by atoms with Crippen LogP contribution in [-0.2, 0) is 19.1 Å². The molecule has 140 valence electrons. The quantitative estimate of drug-likeness (QED) is 0.599. The Labute approximate surface area is 157 Å². The molecule has 0 heterocycles. The van der Waals surface area contributed by atoms with E-state index in [9.17, 15) is 14.4 Å². The van der Waals surface area contributed by atoms with Crippen LogP contribution in [0.1, 0.15) is 28.4 Å².